The molecule has 0 aliphatic rings. The van der Waals surface area contributed by atoms with Crippen molar-refractivity contribution in [3.05, 3.63) is 24.3 Å². The Morgan fingerprint density at radius 2 is 2.00 bits per heavy atom. The molecule has 0 saturated heterocycles. The van der Waals surface area contributed by atoms with Gasteiger partial charge in [-0.05, 0) is 31.2 Å². The quantitative estimate of drug-likeness (QED) is 0.369. The second-order valence-electron chi connectivity index (χ2n) is 3.91. The molecule has 1 aromatic carbocycles. The highest BCUT2D eigenvalue weighted by Gasteiger charge is 2.14. The molecule has 8 heteroatoms. The lowest BCUT2D eigenvalue weighted by molar-refractivity contribution is -0.128. The molecule has 0 saturated carbocycles. The number of carbonyl (C=O) groups is 1. The monoisotopic (exact) mass is 312 g/mol. The number of sulfone groups is 1. The van der Waals surface area contributed by atoms with Crippen LogP contribution in [0.1, 0.15) is 6.92 Å². The lowest BCUT2D eigenvalue weighted by Crippen LogP contribution is -2.34. The summed E-state index contributed by atoms with van der Waals surface area (Å²) in [6.45, 7) is 1.64. The highest BCUT2D eigenvalue weighted by atomic mass is 32.2. The van der Waals surface area contributed by atoms with E-state index >= 15 is 0 Å². The lowest BCUT2D eigenvalue weighted by atomic mass is 10.3. The number of ether oxygens (including phenoxy) is 1. The highest BCUT2D eigenvalue weighted by molar-refractivity contribution is 7.91. The zero-order chi connectivity index (χ0) is 15.7. The zero-order valence-corrected chi connectivity index (χ0v) is 12.2. The molecule has 0 atom stereocenters. The predicted octanol–water partition coefficient (Wildman–Crippen LogP) is -0.0851. The Hall–Kier alpha value is -2.08. The molecule has 1 amide bonds. The Morgan fingerprint density at radius 3 is 2.57 bits per heavy atom. The van der Waals surface area contributed by atoms with Gasteiger partial charge in [-0.15, -0.1) is 5.92 Å². The smallest absolute Gasteiger partial charge is 0.257 e. The van der Waals surface area contributed by atoms with E-state index in [2.05, 4.69) is 17.2 Å². The van der Waals surface area contributed by atoms with Gasteiger partial charge in [-0.1, -0.05) is 5.92 Å². The summed E-state index contributed by atoms with van der Waals surface area (Å²) in [6, 6.07) is 5.89. The van der Waals surface area contributed by atoms with Gasteiger partial charge in [0.2, 0.25) is 0 Å². The van der Waals surface area contributed by atoms with Crippen molar-refractivity contribution in [1.29, 1.82) is 0 Å². The summed E-state index contributed by atoms with van der Waals surface area (Å²) in [5, 5.41) is 10.7. The summed E-state index contributed by atoms with van der Waals surface area (Å²) in [7, 11) is -3.56. The summed E-state index contributed by atoms with van der Waals surface area (Å²) in [6.07, 6.45) is 0. The third-order valence-electron chi connectivity index (χ3n) is 2.37. The molecule has 0 fully saturated rings. The molecule has 1 aromatic rings. The summed E-state index contributed by atoms with van der Waals surface area (Å²) in [4.78, 5) is 10.9. The van der Waals surface area contributed by atoms with Crippen molar-refractivity contribution in [2.75, 3.05) is 19.0 Å². The number of rotatable bonds is 7. The Morgan fingerprint density at radius 1 is 1.33 bits per heavy atom. The molecule has 0 aliphatic heterocycles. The van der Waals surface area contributed by atoms with E-state index < -0.39 is 21.6 Å². The minimum absolute atomic E-state index is 0.105. The molecule has 21 heavy (non-hydrogen) atoms. The van der Waals surface area contributed by atoms with Crippen LogP contribution in [-0.2, 0) is 14.6 Å². The topological polar surface area (TPSA) is 105 Å². The minimum atomic E-state index is -3.56. The predicted molar refractivity (Wildman–Crippen MR) is 75.4 cm³/mol. The molecule has 0 aliphatic carbocycles. The first-order chi connectivity index (χ1) is 9.99. The number of benzene rings is 1. The number of carbonyl (C=O) groups excluding carboxylic acids is 1. The Bertz CT molecular complexity index is 629. The maximum absolute atomic E-state index is 12.0. The molecule has 0 heterocycles. The number of amides is 1. The summed E-state index contributed by atoms with van der Waals surface area (Å²) < 4.78 is 29.2. The first-order valence-corrected chi connectivity index (χ1v) is 7.63. The van der Waals surface area contributed by atoms with Crippen molar-refractivity contribution in [2.45, 2.75) is 11.8 Å². The van der Waals surface area contributed by atoms with Gasteiger partial charge in [-0.25, -0.2) is 13.9 Å². The minimum Gasteiger partial charge on any atom is -0.481 e. The zero-order valence-electron chi connectivity index (χ0n) is 11.4. The average Bonchev–Trinajstić information content (AvgIpc) is 2.47. The van der Waals surface area contributed by atoms with Crippen molar-refractivity contribution in [3.63, 3.8) is 0 Å². The van der Waals surface area contributed by atoms with E-state index in [0.29, 0.717) is 5.75 Å². The van der Waals surface area contributed by atoms with Crippen molar-refractivity contribution in [3.8, 4) is 17.6 Å². The Labute approximate surface area is 123 Å². The Balaban J connectivity index is 2.62. The van der Waals surface area contributed by atoms with E-state index in [9.17, 15) is 13.2 Å². The third-order valence-corrected chi connectivity index (χ3v) is 3.95. The fourth-order valence-electron chi connectivity index (χ4n) is 1.36. The van der Waals surface area contributed by atoms with E-state index in [1.54, 1.807) is 6.92 Å². The molecule has 0 radical (unpaired) electrons. The fourth-order valence-corrected chi connectivity index (χ4v) is 2.44. The van der Waals surface area contributed by atoms with Crippen LogP contribution in [0.25, 0.3) is 0 Å². The molecule has 1 rings (SSSR count). The van der Waals surface area contributed by atoms with Crippen molar-refractivity contribution in [1.82, 2.24) is 10.8 Å². The van der Waals surface area contributed by atoms with Crippen LogP contribution in [-0.4, -0.2) is 38.6 Å². The first-order valence-electron chi connectivity index (χ1n) is 5.98. The summed E-state index contributed by atoms with van der Waals surface area (Å²) in [5.74, 6) is 4.79. The lowest BCUT2D eigenvalue weighted by Gasteiger charge is -2.07. The molecular weight excluding hydrogens is 296 g/mol. The van der Waals surface area contributed by atoms with Crippen LogP contribution in [0, 0.1) is 11.8 Å². The fraction of sp³-hybridized carbons (Fsp3) is 0.308. The van der Waals surface area contributed by atoms with E-state index in [4.69, 9.17) is 9.94 Å². The standard InChI is InChI=1S/C13H16N2O5S/c1-2-3-8-20-11-4-6-12(7-5-11)21(18,19)10-14-9-13(16)15-17/h4-7,14,17H,8-10H2,1H3,(H,15,16). The van der Waals surface area contributed by atoms with Crippen LogP contribution < -0.4 is 15.5 Å². The van der Waals surface area contributed by atoms with E-state index in [1.165, 1.54) is 29.7 Å². The molecule has 0 spiro atoms. The summed E-state index contributed by atoms with van der Waals surface area (Å²) >= 11 is 0. The van der Waals surface area contributed by atoms with Gasteiger partial charge in [-0.3, -0.25) is 15.3 Å². The third kappa shape index (κ3) is 5.83. The van der Waals surface area contributed by atoms with Gasteiger partial charge in [0.25, 0.3) is 5.91 Å². The van der Waals surface area contributed by atoms with Crippen LogP contribution >= 0.6 is 0 Å². The van der Waals surface area contributed by atoms with Gasteiger partial charge in [0.15, 0.2) is 9.84 Å². The van der Waals surface area contributed by atoms with Gasteiger partial charge < -0.3 is 4.74 Å². The van der Waals surface area contributed by atoms with E-state index in [0.717, 1.165) is 0 Å². The van der Waals surface area contributed by atoms with Crippen molar-refractivity contribution < 1.29 is 23.2 Å². The molecule has 0 unspecified atom stereocenters. The first kappa shape index (κ1) is 17.0. The Kier molecular flexibility index (Phi) is 6.68. The number of hydrogen-bond donors (Lipinski definition) is 3. The molecule has 0 aromatic heterocycles. The molecule has 3 N–H and O–H groups in total. The SMILES string of the molecule is CC#CCOc1ccc(S(=O)(=O)CNCC(=O)NO)cc1. The molecule has 0 bridgehead atoms. The second kappa shape index (κ2) is 8.26. The summed E-state index contributed by atoms with van der Waals surface area (Å²) in [5.41, 5.74) is 1.40. The van der Waals surface area contributed by atoms with Gasteiger partial charge in [-0.2, -0.15) is 0 Å². The molecular formula is C13H16N2O5S. The number of nitrogens with one attached hydrogen (secondary N) is 2. The maximum Gasteiger partial charge on any atom is 0.257 e. The normalized spacial score (nSPS) is 10.4. The van der Waals surface area contributed by atoms with Gasteiger partial charge in [0, 0.05) is 0 Å². The highest BCUT2D eigenvalue weighted by Crippen LogP contribution is 2.16. The van der Waals surface area contributed by atoms with E-state index in [1.807, 2.05) is 0 Å². The number of hydrogen-bond acceptors (Lipinski definition) is 6. The number of hydroxylamine groups is 1. The van der Waals surface area contributed by atoms with Crippen LogP contribution in [0.15, 0.2) is 29.2 Å². The van der Waals surface area contributed by atoms with Crippen molar-refractivity contribution >= 4 is 15.7 Å². The van der Waals surface area contributed by atoms with Crippen LogP contribution in [0.2, 0.25) is 0 Å². The molecule has 7 nitrogen and oxygen atoms in total. The second-order valence-corrected chi connectivity index (χ2v) is 5.90. The molecule has 114 valence electrons. The largest absolute Gasteiger partial charge is 0.481 e. The maximum atomic E-state index is 12.0. The van der Waals surface area contributed by atoms with Crippen LogP contribution in [0.4, 0.5) is 0 Å². The van der Waals surface area contributed by atoms with Crippen LogP contribution in [0.5, 0.6) is 5.75 Å². The van der Waals surface area contributed by atoms with Crippen LogP contribution in [0.3, 0.4) is 0 Å². The van der Waals surface area contributed by atoms with Gasteiger partial charge >= 0.3 is 0 Å². The average molecular weight is 312 g/mol. The van der Waals surface area contributed by atoms with Gasteiger partial charge in [0.05, 0.1) is 11.4 Å². The van der Waals surface area contributed by atoms with Gasteiger partial charge in [0.1, 0.15) is 18.2 Å². The van der Waals surface area contributed by atoms with Crippen molar-refractivity contribution in [2.24, 2.45) is 0 Å². The van der Waals surface area contributed by atoms with E-state index in [-0.39, 0.29) is 18.0 Å².